The first-order chi connectivity index (χ1) is 11.1. The molecule has 4 nitrogen and oxygen atoms in total. The number of hydrogen-bond acceptors (Lipinski definition) is 2. The number of aryl methyl sites for hydroxylation is 1. The number of nitrogens with one attached hydrogen (secondary N) is 1. The number of piperidine rings is 1. The molecule has 1 fully saturated rings. The Balaban J connectivity index is 1.71. The third-order valence-electron chi connectivity index (χ3n) is 4.99. The minimum atomic E-state index is -0.185. The van der Waals surface area contributed by atoms with Gasteiger partial charge in [-0.25, -0.2) is 4.39 Å². The maximum atomic E-state index is 14.0. The summed E-state index contributed by atoms with van der Waals surface area (Å²) in [6.07, 6.45) is 4.20. The van der Waals surface area contributed by atoms with Gasteiger partial charge in [-0.15, -0.1) is 0 Å². The second kappa shape index (κ2) is 5.49. The Morgan fingerprint density at radius 1 is 1.22 bits per heavy atom. The summed E-state index contributed by atoms with van der Waals surface area (Å²) in [7, 11) is 2.16. The SMILES string of the molecule is Cc1ccc(F)c2ccn(-c3cc(C4CCN(C)CC4)[nH]n3)c12. The molecule has 3 heterocycles. The van der Waals surface area contributed by atoms with Crippen molar-refractivity contribution in [3.05, 3.63) is 47.5 Å². The van der Waals surface area contributed by atoms with Crippen LogP contribution in [0.5, 0.6) is 0 Å². The first kappa shape index (κ1) is 14.5. The molecule has 0 amide bonds. The number of rotatable bonds is 2. The minimum Gasteiger partial charge on any atom is -0.306 e. The predicted molar refractivity (Wildman–Crippen MR) is 89.6 cm³/mol. The van der Waals surface area contributed by atoms with Crippen molar-refractivity contribution >= 4 is 10.9 Å². The summed E-state index contributed by atoms with van der Waals surface area (Å²) in [5, 5.41) is 8.32. The van der Waals surface area contributed by atoms with Crippen molar-refractivity contribution in [2.24, 2.45) is 0 Å². The molecule has 1 N–H and O–H groups in total. The maximum Gasteiger partial charge on any atom is 0.159 e. The normalized spacial score (nSPS) is 17.2. The molecule has 0 unspecified atom stereocenters. The van der Waals surface area contributed by atoms with Gasteiger partial charge in [0.1, 0.15) is 5.82 Å². The van der Waals surface area contributed by atoms with Crippen molar-refractivity contribution in [3.8, 4) is 5.82 Å². The zero-order valence-corrected chi connectivity index (χ0v) is 13.5. The quantitative estimate of drug-likeness (QED) is 0.785. The Kier molecular flexibility index (Phi) is 3.45. The van der Waals surface area contributed by atoms with Gasteiger partial charge in [-0.05, 0) is 57.6 Å². The van der Waals surface area contributed by atoms with Gasteiger partial charge in [0.25, 0.3) is 0 Å². The largest absolute Gasteiger partial charge is 0.306 e. The molecule has 1 aliphatic heterocycles. The average molecular weight is 312 g/mol. The standard InChI is InChI=1S/C18H21FN4/c1-12-3-4-15(19)14-7-10-23(18(12)14)17-11-16(20-21-17)13-5-8-22(2)9-6-13/h3-4,7,10-11,13H,5-6,8-9H2,1-2H3,(H,20,21). The Bertz CT molecular complexity index is 840. The summed E-state index contributed by atoms with van der Waals surface area (Å²) in [6, 6.07) is 7.27. The van der Waals surface area contributed by atoms with Gasteiger partial charge in [-0.2, -0.15) is 5.10 Å². The second-order valence-corrected chi connectivity index (χ2v) is 6.57. The molecule has 0 aliphatic carbocycles. The van der Waals surface area contributed by atoms with Crippen LogP contribution in [0.25, 0.3) is 16.7 Å². The molecule has 1 aliphatic rings. The monoisotopic (exact) mass is 312 g/mol. The summed E-state index contributed by atoms with van der Waals surface area (Å²) >= 11 is 0. The van der Waals surface area contributed by atoms with E-state index < -0.39 is 0 Å². The van der Waals surface area contributed by atoms with E-state index in [-0.39, 0.29) is 5.82 Å². The molecule has 0 radical (unpaired) electrons. The molecule has 0 spiro atoms. The Hall–Kier alpha value is -2.14. The highest BCUT2D eigenvalue weighted by Gasteiger charge is 2.21. The Morgan fingerprint density at radius 3 is 2.78 bits per heavy atom. The van der Waals surface area contributed by atoms with Crippen LogP contribution in [0, 0.1) is 12.7 Å². The van der Waals surface area contributed by atoms with Gasteiger partial charge in [0.05, 0.1) is 5.52 Å². The number of benzene rings is 1. The number of aromatic amines is 1. The summed E-state index contributed by atoms with van der Waals surface area (Å²) < 4.78 is 16.0. The van der Waals surface area contributed by atoms with Gasteiger partial charge >= 0.3 is 0 Å². The topological polar surface area (TPSA) is 36.9 Å². The highest BCUT2D eigenvalue weighted by Crippen LogP contribution is 2.29. The van der Waals surface area contributed by atoms with Crippen LogP contribution in [0.3, 0.4) is 0 Å². The first-order valence-electron chi connectivity index (χ1n) is 8.14. The Morgan fingerprint density at radius 2 is 2.00 bits per heavy atom. The molecule has 5 heteroatoms. The lowest BCUT2D eigenvalue weighted by Crippen LogP contribution is -2.29. The number of aromatic nitrogens is 3. The van der Waals surface area contributed by atoms with E-state index in [0.29, 0.717) is 11.3 Å². The molecule has 0 atom stereocenters. The van der Waals surface area contributed by atoms with E-state index in [0.717, 1.165) is 42.8 Å². The first-order valence-corrected chi connectivity index (χ1v) is 8.14. The van der Waals surface area contributed by atoms with Crippen LogP contribution in [0.1, 0.15) is 30.0 Å². The number of likely N-dealkylation sites (tertiary alicyclic amines) is 1. The molecular formula is C18H21FN4. The third kappa shape index (κ3) is 2.45. The summed E-state index contributed by atoms with van der Waals surface area (Å²) in [4.78, 5) is 2.36. The smallest absolute Gasteiger partial charge is 0.159 e. The van der Waals surface area contributed by atoms with E-state index in [4.69, 9.17) is 0 Å². The van der Waals surface area contributed by atoms with Crippen molar-refractivity contribution in [2.75, 3.05) is 20.1 Å². The van der Waals surface area contributed by atoms with Crippen molar-refractivity contribution in [1.29, 1.82) is 0 Å². The highest BCUT2D eigenvalue weighted by atomic mass is 19.1. The van der Waals surface area contributed by atoms with Gasteiger partial charge in [0.2, 0.25) is 0 Å². The zero-order chi connectivity index (χ0) is 16.0. The van der Waals surface area contributed by atoms with E-state index in [2.05, 4.69) is 28.2 Å². The average Bonchev–Trinajstić information content (AvgIpc) is 3.18. The van der Waals surface area contributed by atoms with E-state index >= 15 is 0 Å². The molecule has 1 aromatic carbocycles. The maximum absolute atomic E-state index is 14.0. The summed E-state index contributed by atoms with van der Waals surface area (Å²) in [5.74, 6) is 1.19. The Labute approximate surface area is 134 Å². The highest BCUT2D eigenvalue weighted by molar-refractivity contribution is 5.85. The van der Waals surface area contributed by atoms with Gasteiger partial charge in [0, 0.05) is 29.3 Å². The van der Waals surface area contributed by atoms with Gasteiger partial charge in [0.15, 0.2) is 5.82 Å². The fourth-order valence-electron chi connectivity index (χ4n) is 3.56. The number of fused-ring (bicyclic) bond motifs is 1. The van der Waals surface area contributed by atoms with Gasteiger partial charge in [-0.3, -0.25) is 9.67 Å². The molecule has 4 rings (SSSR count). The molecule has 3 aromatic rings. The number of H-pyrrole nitrogens is 1. The lowest BCUT2D eigenvalue weighted by Gasteiger charge is -2.27. The molecule has 2 aromatic heterocycles. The van der Waals surface area contributed by atoms with E-state index in [1.807, 2.05) is 29.8 Å². The van der Waals surface area contributed by atoms with Crippen molar-refractivity contribution in [3.63, 3.8) is 0 Å². The van der Waals surface area contributed by atoms with E-state index in [9.17, 15) is 4.39 Å². The molecule has 0 bridgehead atoms. The summed E-state index contributed by atoms with van der Waals surface area (Å²) in [5.41, 5.74) is 3.13. The van der Waals surface area contributed by atoms with Crippen LogP contribution in [-0.4, -0.2) is 39.8 Å². The van der Waals surface area contributed by atoms with E-state index in [1.165, 1.54) is 11.8 Å². The zero-order valence-electron chi connectivity index (χ0n) is 13.5. The van der Waals surface area contributed by atoms with E-state index in [1.54, 1.807) is 0 Å². The number of nitrogens with zero attached hydrogens (tertiary/aromatic N) is 3. The number of halogens is 1. The number of hydrogen-bond donors (Lipinski definition) is 1. The molecule has 23 heavy (non-hydrogen) atoms. The van der Waals surface area contributed by atoms with Crippen molar-refractivity contribution in [2.45, 2.75) is 25.7 Å². The fourth-order valence-corrected chi connectivity index (χ4v) is 3.56. The molecule has 120 valence electrons. The van der Waals surface area contributed by atoms with Crippen LogP contribution >= 0.6 is 0 Å². The molecule has 0 saturated carbocycles. The van der Waals surface area contributed by atoms with Gasteiger partial charge < -0.3 is 4.90 Å². The van der Waals surface area contributed by atoms with Crippen LogP contribution < -0.4 is 0 Å². The third-order valence-corrected chi connectivity index (χ3v) is 4.99. The lowest BCUT2D eigenvalue weighted by molar-refractivity contribution is 0.253. The van der Waals surface area contributed by atoms with Crippen LogP contribution in [0.2, 0.25) is 0 Å². The van der Waals surface area contributed by atoms with Gasteiger partial charge in [-0.1, -0.05) is 6.07 Å². The van der Waals surface area contributed by atoms with Crippen LogP contribution in [0.4, 0.5) is 4.39 Å². The minimum absolute atomic E-state index is 0.185. The van der Waals surface area contributed by atoms with Crippen LogP contribution in [-0.2, 0) is 0 Å². The lowest BCUT2D eigenvalue weighted by atomic mass is 9.94. The predicted octanol–water partition coefficient (Wildman–Crippen LogP) is 3.61. The van der Waals surface area contributed by atoms with Crippen LogP contribution in [0.15, 0.2) is 30.5 Å². The summed E-state index contributed by atoms with van der Waals surface area (Å²) in [6.45, 7) is 4.24. The van der Waals surface area contributed by atoms with Crippen molar-refractivity contribution in [1.82, 2.24) is 19.7 Å². The molecule has 1 saturated heterocycles. The van der Waals surface area contributed by atoms with Crippen molar-refractivity contribution < 1.29 is 4.39 Å². The second-order valence-electron chi connectivity index (χ2n) is 6.57. The fraction of sp³-hybridized carbons (Fsp3) is 0.389. The molecular weight excluding hydrogens is 291 g/mol.